The Balaban J connectivity index is 2.15. The van der Waals surface area contributed by atoms with Gasteiger partial charge in [0.1, 0.15) is 5.83 Å². The van der Waals surface area contributed by atoms with E-state index in [0.717, 1.165) is 25.4 Å². The van der Waals surface area contributed by atoms with Gasteiger partial charge in [0.15, 0.2) is 0 Å². The molecule has 0 bridgehead atoms. The van der Waals surface area contributed by atoms with Crippen LogP contribution in [0.3, 0.4) is 0 Å². The van der Waals surface area contributed by atoms with Gasteiger partial charge >= 0.3 is 0 Å². The third-order valence-electron chi connectivity index (χ3n) is 5.94. The van der Waals surface area contributed by atoms with E-state index in [-0.39, 0.29) is 28.7 Å². The highest BCUT2D eigenvalue weighted by molar-refractivity contribution is 7.89. The predicted octanol–water partition coefficient (Wildman–Crippen LogP) is 2.85. The van der Waals surface area contributed by atoms with Crippen LogP contribution in [-0.2, 0) is 33.0 Å². The van der Waals surface area contributed by atoms with Crippen molar-refractivity contribution >= 4 is 30.9 Å². The molecule has 35 heavy (non-hydrogen) atoms. The molecule has 0 saturated heterocycles. The molecule has 0 saturated carbocycles. The van der Waals surface area contributed by atoms with Crippen LogP contribution in [0.1, 0.15) is 16.8 Å². The molecule has 3 rings (SSSR count). The Morgan fingerprint density at radius 2 is 1.49 bits per heavy atom. The summed E-state index contributed by atoms with van der Waals surface area (Å²) in [5.41, 5.74) is 8.60. The maximum atomic E-state index is 14.4. The van der Waals surface area contributed by atoms with Crippen molar-refractivity contribution in [1.82, 2.24) is 13.2 Å². The van der Waals surface area contributed by atoms with Crippen LogP contribution >= 0.6 is 0 Å². The number of fused-ring (bicyclic) bond motifs is 1. The molecule has 1 heterocycles. The summed E-state index contributed by atoms with van der Waals surface area (Å²) in [6, 6.07) is 11.4. The van der Waals surface area contributed by atoms with Crippen LogP contribution in [0.2, 0.25) is 0 Å². The van der Waals surface area contributed by atoms with Crippen LogP contribution in [0.5, 0.6) is 0 Å². The lowest BCUT2D eigenvalue weighted by Crippen LogP contribution is -2.22. The Labute approximate surface area is 206 Å². The molecule has 0 radical (unpaired) electrons. The first-order valence-corrected chi connectivity index (χ1v) is 13.8. The lowest BCUT2D eigenvalue weighted by Gasteiger charge is -2.12. The van der Waals surface area contributed by atoms with Gasteiger partial charge in [0.2, 0.25) is 20.0 Å². The molecule has 0 fully saturated rings. The molecule has 0 aliphatic heterocycles. The van der Waals surface area contributed by atoms with Crippen molar-refractivity contribution in [3.63, 3.8) is 0 Å². The molecule has 0 aliphatic carbocycles. The van der Waals surface area contributed by atoms with Crippen molar-refractivity contribution in [2.75, 3.05) is 34.7 Å². The molecule has 11 heteroatoms. The molecular formula is C24H31FN4O4S2. The third-order valence-corrected chi connectivity index (χ3v) is 9.58. The van der Waals surface area contributed by atoms with Gasteiger partial charge in [-0.2, -0.15) is 0 Å². The number of halogens is 1. The molecular weight excluding hydrogens is 491 g/mol. The van der Waals surface area contributed by atoms with Gasteiger partial charge in [-0.05, 0) is 60.9 Å². The zero-order valence-corrected chi connectivity index (χ0v) is 22.1. The highest BCUT2D eigenvalue weighted by Crippen LogP contribution is 2.32. The number of allylic oxidation sites excluding steroid dienone is 1. The Bertz CT molecular complexity index is 1470. The number of nitrogens with two attached hydrogens (primary N) is 1. The largest absolute Gasteiger partial charge is 0.338 e. The lowest BCUT2D eigenvalue weighted by atomic mass is 10.0. The van der Waals surface area contributed by atoms with Gasteiger partial charge < -0.3 is 10.3 Å². The minimum Gasteiger partial charge on any atom is -0.338 e. The van der Waals surface area contributed by atoms with Crippen molar-refractivity contribution in [2.45, 2.75) is 29.7 Å². The molecule has 0 aliphatic rings. The van der Waals surface area contributed by atoms with Crippen molar-refractivity contribution in [1.29, 1.82) is 0 Å². The van der Waals surface area contributed by atoms with Crippen LogP contribution in [0.25, 0.3) is 10.9 Å². The molecule has 2 aromatic carbocycles. The number of hydrogen-bond donors (Lipinski definition) is 1. The maximum absolute atomic E-state index is 14.4. The van der Waals surface area contributed by atoms with E-state index in [1.807, 2.05) is 6.92 Å². The molecule has 0 spiro atoms. The predicted molar refractivity (Wildman–Crippen MR) is 136 cm³/mol. The van der Waals surface area contributed by atoms with Gasteiger partial charge in [0, 0.05) is 51.3 Å². The molecule has 0 unspecified atom stereocenters. The standard InChI is InChI=1S/C24H31FN4O4S2/c1-17-22(14-18-6-8-20(9-7-18)34(30,31)27(2)3)23-15-21(35(32,33)28(4)5)10-11-24(23)29(17)16-19(25)12-13-26/h6-12,15H,13-14,16,26H2,1-5H3. The molecule has 3 aromatic rings. The zero-order chi connectivity index (χ0) is 26.1. The number of sulfonamides is 2. The van der Waals surface area contributed by atoms with Crippen LogP contribution in [0.15, 0.2) is 64.2 Å². The first-order valence-electron chi connectivity index (χ1n) is 10.9. The van der Waals surface area contributed by atoms with Crippen LogP contribution in [0.4, 0.5) is 4.39 Å². The van der Waals surface area contributed by atoms with Crippen LogP contribution < -0.4 is 5.73 Å². The first-order chi connectivity index (χ1) is 16.3. The van der Waals surface area contributed by atoms with E-state index >= 15 is 0 Å². The number of rotatable bonds is 9. The second-order valence-corrected chi connectivity index (χ2v) is 12.9. The fraction of sp³-hybridized carbons (Fsp3) is 0.333. The van der Waals surface area contributed by atoms with E-state index in [4.69, 9.17) is 5.73 Å². The summed E-state index contributed by atoms with van der Waals surface area (Å²) >= 11 is 0. The summed E-state index contributed by atoms with van der Waals surface area (Å²) in [6.07, 6.45) is 1.71. The molecule has 0 atom stereocenters. The quantitative estimate of drug-likeness (QED) is 0.465. The minimum atomic E-state index is -3.67. The van der Waals surface area contributed by atoms with Crippen molar-refractivity contribution in [2.24, 2.45) is 5.73 Å². The number of nitrogens with zero attached hydrogens (tertiary/aromatic N) is 3. The maximum Gasteiger partial charge on any atom is 0.242 e. The van der Waals surface area contributed by atoms with Gasteiger partial charge in [-0.25, -0.2) is 29.8 Å². The average Bonchev–Trinajstić information content (AvgIpc) is 3.04. The molecule has 8 nitrogen and oxygen atoms in total. The normalized spacial score (nSPS) is 13.3. The van der Waals surface area contributed by atoms with E-state index in [0.29, 0.717) is 17.3 Å². The molecule has 1 aromatic heterocycles. The highest BCUT2D eigenvalue weighted by atomic mass is 32.2. The number of benzene rings is 2. The van der Waals surface area contributed by atoms with Crippen molar-refractivity contribution in [3.8, 4) is 0 Å². The fourth-order valence-corrected chi connectivity index (χ4v) is 5.70. The summed E-state index contributed by atoms with van der Waals surface area (Å²) < 4.78 is 68.8. The Hall–Kier alpha value is -2.57. The smallest absolute Gasteiger partial charge is 0.242 e. The summed E-state index contributed by atoms with van der Waals surface area (Å²) in [5, 5.41) is 0.691. The monoisotopic (exact) mass is 522 g/mol. The van der Waals surface area contributed by atoms with Gasteiger partial charge in [-0.15, -0.1) is 0 Å². The summed E-state index contributed by atoms with van der Waals surface area (Å²) in [7, 11) is -1.35. The van der Waals surface area contributed by atoms with Gasteiger partial charge in [-0.1, -0.05) is 12.1 Å². The molecule has 0 amide bonds. The van der Waals surface area contributed by atoms with Gasteiger partial charge in [0.25, 0.3) is 0 Å². The summed E-state index contributed by atoms with van der Waals surface area (Å²) in [5.74, 6) is -0.387. The van der Waals surface area contributed by atoms with E-state index < -0.39 is 20.0 Å². The Kier molecular flexibility index (Phi) is 7.87. The fourth-order valence-electron chi connectivity index (χ4n) is 3.87. The van der Waals surface area contributed by atoms with Crippen LogP contribution in [0, 0.1) is 6.92 Å². The number of aromatic nitrogens is 1. The highest BCUT2D eigenvalue weighted by Gasteiger charge is 2.22. The zero-order valence-electron chi connectivity index (χ0n) is 20.5. The second-order valence-electron chi connectivity index (χ2n) is 8.61. The van der Waals surface area contributed by atoms with E-state index in [9.17, 15) is 21.2 Å². The second kappa shape index (κ2) is 10.2. The third kappa shape index (κ3) is 5.34. The van der Waals surface area contributed by atoms with Crippen molar-refractivity contribution in [3.05, 3.63) is 71.2 Å². The minimum absolute atomic E-state index is 0.0284. The SMILES string of the molecule is Cc1c(Cc2ccc(S(=O)(=O)N(C)C)cc2)c2cc(S(=O)(=O)N(C)C)ccc2n1CC(F)=CCN. The molecule has 2 N–H and O–H groups in total. The lowest BCUT2D eigenvalue weighted by molar-refractivity contribution is 0.520. The summed E-state index contributed by atoms with van der Waals surface area (Å²) in [6.45, 7) is 1.90. The molecule has 190 valence electrons. The Morgan fingerprint density at radius 1 is 0.943 bits per heavy atom. The first kappa shape index (κ1) is 27.0. The van der Waals surface area contributed by atoms with E-state index in [2.05, 4.69) is 0 Å². The van der Waals surface area contributed by atoms with Gasteiger partial charge in [0.05, 0.1) is 16.3 Å². The van der Waals surface area contributed by atoms with E-state index in [1.165, 1.54) is 40.3 Å². The summed E-state index contributed by atoms with van der Waals surface area (Å²) in [4.78, 5) is 0.317. The van der Waals surface area contributed by atoms with Crippen LogP contribution in [-0.4, -0.2) is 64.7 Å². The Morgan fingerprint density at radius 3 is 2.03 bits per heavy atom. The average molecular weight is 523 g/mol. The van der Waals surface area contributed by atoms with Gasteiger partial charge in [-0.3, -0.25) is 0 Å². The topological polar surface area (TPSA) is 106 Å². The van der Waals surface area contributed by atoms with Crippen molar-refractivity contribution < 1.29 is 21.2 Å². The number of hydrogen-bond acceptors (Lipinski definition) is 5. The van der Waals surface area contributed by atoms with E-state index in [1.54, 1.807) is 41.0 Å².